The van der Waals surface area contributed by atoms with Crippen molar-refractivity contribution in [2.45, 2.75) is 283 Å². The highest BCUT2D eigenvalue weighted by Gasteiger charge is 2.27. The van der Waals surface area contributed by atoms with Gasteiger partial charge in [-0.15, -0.1) is 0 Å². The summed E-state index contributed by atoms with van der Waals surface area (Å²) >= 11 is 0. The minimum atomic E-state index is -4.33. The lowest BCUT2D eigenvalue weighted by atomic mass is 10.0. The first kappa shape index (κ1) is 61.7. The van der Waals surface area contributed by atoms with Crippen LogP contribution in [-0.4, -0.2) is 47.8 Å². The number of phosphoric acid groups is 1. The maximum absolute atomic E-state index is 12.9. The van der Waals surface area contributed by atoms with Gasteiger partial charge in [-0.2, -0.15) is 0 Å². The number of phosphoric ester groups is 1. The van der Waals surface area contributed by atoms with Gasteiger partial charge in [0.25, 0.3) is 0 Å². The van der Waals surface area contributed by atoms with Gasteiger partial charge in [-0.25, -0.2) is 4.57 Å². The van der Waals surface area contributed by atoms with Crippen LogP contribution in [0.1, 0.15) is 271 Å². The Morgan fingerprint density at radius 2 is 0.873 bits per heavy atom. The van der Waals surface area contributed by atoms with Crippen LogP contribution in [0.4, 0.5) is 0 Å². The molecular weight excluding hydrogens is 804 g/mol. The van der Waals surface area contributed by atoms with E-state index in [1.807, 2.05) is 0 Å². The van der Waals surface area contributed by atoms with E-state index in [-0.39, 0.29) is 25.7 Å². The summed E-state index contributed by atoms with van der Waals surface area (Å²) in [5.74, 6) is -0.166. The Morgan fingerprint density at radius 1 is 0.524 bits per heavy atom. The summed E-state index contributed by atoms with van der Waals surface area (Å²) in [6.07, 6.45) is 61.7. The van der Waals surface area contributed by atoms with Crippen LogP contribution in [0.15, 0.2) is 36.5 Å². The summed E-state index contributed by atoms with van der Waals surface area (Å²) in [6.45, 7) is 4.23. The molecule has 0 heterocycles. The third-order valence-corrected chi connectivity index (χ3v) is 13.2. The number of allylic oxidation sites excluding steroid dienone is 6. The summed E-state index contributed by atoms with van der Waals surface area (Å²) < 4.78 is 22.3. The molecule has 1 amide bonds. The van der Waals surface area contributed by atoms with E-state index < -0.39 is 20.0 Å². The molecule has 0 aromatic carbocycles. The second-order valence-electron chi connectivity index (χ2n) is 18.4. The maximum atomic E-state index is 12.9. The van der Waals surface area contributed by atoms with Crippen LogP contribution in [0.2, 0.25) is 0 Å². The lowest BCUT2D eigenvalue weighted by molar-refractivity contribution is -0.123. The number of nitrogens with two attached hydrogens (primary N) is 1. The molecule has 9 heteroatoms. The highest BCUT2D eigenvalue weighted by Crippen LogP contribution is 2.43. The van der Waals surface area contributed by atoms with Gasteiger partial charge >= 0.3 is 7.82 Å². The number of hydrogen-bond donors (Lipinski definition) is 4. The van der Waals surface area contributed by atoms with Gasteiger partial charge in [-0.3, -0.25) is 13.8 Å². The van der Waals surface area contributed by atoms with Crippen molar-refractivity contribution in [2.24, 2.45) is 5.73 Å². The van der Waals surface area contributed by atoms with E-state index in [0.29, 0.717) is 12.8 Å². The number of unbranched alkanes of at least 4 members (excludes halogenated alkanes) is 33. The van der Waals surface area contributed by atoms with Crippen molar-refractivity contribution in [3.05, 3.63) is 36.5 Å². The highest BCUT2D eigenvalue weighted by atomic mass is 31.2. The van der Waals surface area contributed by atoms with Gasteiger partial charge in [-0.1, -0.05) is 249 Å². The Morgan fingerprint density at radius 3 is 1.27 bits per heavy atom. The van der Waals surface area contributed by atoms with E-state index in [0.717, 1.165) is 57.8 Å². The van der Waals surface area contributed by atoms with Gasteiger partial charge in [0.1, 0.15) is 0 Å². The van der Waals surface area contributed by atoms with Crippen LogP contribution >= 0.6 is 7.82 Å². The van der Waals surface area contributed by atoms with Crippen molar-refractivity contribution >= 4 is 13.7 Å². The predicted octanol–water partition coefficient (Wildman–Crippen LogP) is 16.2. The van der Waals surface area contributed by atoms with Crippen LogP contribution < -0.4 is 11.1 Å². The predicted molar refractivity (Wildman–Crippen MR) is 272 cm³/mol. The van der Waals surface area contributed by atoms with Gasteiger partial charge in [0.2, 0.25) is 5.91 Å². The molecule has 0 rings (SSSR count). The zero-order valence-corrected chi connectivity index (χ0v) is 42.5. The molecule has 0 spiro atoms. The van der Waals surface area contributed by atoms with Crippen molar-refractivity contribution in [1.82, 2.24) is 5.32 Å². The number of carbonyl (C=O) groups is 1. The molecule has 0 bridgehead atoms. The van der Waals surface area contributed by atoms with E-state index >= 15 is 0 Å². The molecule has 0 aliphatic carbocycles. The molecule has 8 nitrogen and oxygen atoms in total. The van der Waals surface area contributed by atoms with Crippen LogP contribution in [-0.2, 0) is 18.4 Å². The Hall–Kier alpha value is -1.28. The van der Waals surface area contributed by atoms with Gasteiger partial charge in [0, 0.05) is 13.0 Å². The first-order valence-electron chi connectivity index (χ1n) is 27.1. The molecule has 5 N–H and O–H groups in total. The fourth-order valence-electron chi connectivity index (χ4n) is 8.15. The normalized spacial score (nSPS) is 14.0. The SMILES string of the molecule is CCCCCCC/C=C\C/C=C\C/C=C\CCCCCCCCCCC(=O)NC(COP(=O)(O)OCCN)C(O)CCCCCCCCCCCCCCCCCCCCCCC. The third-order valence-electron chi connectivity index (χ3n) is 12.2. The van der Waals surface area contributed by atoms with Crippen molar-refractivity contribution in [3.8, 4) is 0 Å². The Balaban J connectivity index is 4.04. The minimum absolute atomic E-state index is 0.0874. The molecule has 0 aliphatic rings. The number of amides is 1. The standard InChI is InChI=1S/C54H105N2O6P/c1-3-5-7-9-11-13-15-17-19-21-23-25-26-28-30-32-34-36-38-40-42-44-46-48-54(58)56-52(51-62-63(59,60)61-50-49-55)53(57)47-45-43-41-39-37-35-33-31-29-27-24-22-20-18-16-14-12-10-8-6-4-2/h15,17,21,23,26,28,52-53,57H,3-14,16,18-20,22,24-25,27,29-51,55H2,1-2H3,(H,56,58)(H,59,60)/b17-15-,23-21-,28-26-. The second kappa shape index (κ2) is 50.1. The molecule has 3 unspecified atom stereocenters. The first-order valence-corrected chi connectivity index (χ1v) is 28.6. The largest absolute Gasteiger partial charge is 0.472 e. The smallest absolute Gasteiger partial charge is 0.391 e. The molecule has 63 heavy (non-hydrogen) atoms. The zero-order valence-electron chi connectivity index (χ0n) is 41.6. The lowest BCUT2D eigenvalue weighted by Crippen LogP contribution is -2.46. The van der Waals surface area contributed by atoms with Gasteiger partial charge < -0.3 is 21.1 Å². The van der Waals surface area contributed by atoms with Crippen LogP contribution in [0, 0.1) is 0 Å². The minimum Gasteiger partial charge on any atom is -0.391 e. The molecule has 372 valence electrons. The molecule has 0 radical (unpaired) electrons. The number of hydrogen-bond acceptors (Lipinski definition) is 6. The summed E-state index contributed by atoms with van der Waals surface area (Å²) in [4.78, 5) is 22.9. The number of aliphatic hydroxyl groups is 1. The molecular formula is C54H105N2O6P. The van der Waals surface area contributed by atoms with E-state index in [2.05, 4.69) is 55.6 Å². The van der Waals surface area contributed by atoms with E-state index in [1.54, 1.807) is 0 Å². The zero-order chi connectivity index (χ0) is 46.0. The summed E-state index contributed by atoms with van der Waals surface area (Å²) in [5.41, 5.74) is 5.41. The number of carbonyl (C=O) groups excluding carboxylic acids is 1. The molecule has 0 aliphatic heterocycles. The average Bonchev–Trinajstić information content (AvgIpc) is 3.27. The summed E-state index contributed by atoms with van der Waals surface area (Å²) in [5, 5.41) is 13.9. The fraction of sp³-hybridized carbons (Fsp3) is 0.870. The molecule has 0 aromatic rings. The molecule has 0 aromatic heterocycles. The number of rotatable bonds is 51. The number of nitrogens with one attached hydrogen (secondary N) is 1. The quantitative estimate of drug-likeness (QED) is 0.0272. The van der Waals surface area contributed by atoms with Crippen molar-refractivity contribution in [3.63, 3.8) is 0 Å². The third kappa shape index (κ3) is 48.5. The van der Waals surface area contributed by atoms with E-state index in [1.165, 1.54) is 186 Å². The van der Waals surface area contributed by atoms with E-state index in [4.69, 9.17) is 14.8 Å². The lowest BCUT2D eigenvalue weighted by Gasteiger charge is -2.25. The molecule has 0 saturated carbocycles. The van der Waals surface area contributed by atoms with Gasteiger partial charge in [0.15, 0.2) is 0 Å². The monoisotopic (exact) mass is 909 g/mol. The topological polar surface area (TPSA) is 131 Å². The Bertz CT molecular complexity index is 1080. The van der Waals surface area contributed by atoms with Crippen molar-refractivity contribution < 1.29 is 28.4 Å². The van der Waals surface area contributed by atoms with Gasteiger partial charge in [0.05, 0.1) is 25.4 Å². The molecule has 0 fully saturated rings. The second-order valence-corrected chi connectivity index (χ2v) is 19.9. The van der Waals surface area contributed by atoms with Crippen molar-refractivity contribution in [1.29, 1.82) is 0 Å². The summed E-state index contributed by atoms with van der Waals surface area (Å²) in [6, 6.07) is -0.780. The van der Waals surface area contributed by atoms with Crippen LogP contribution in [0.3, 0.4) is 0 Å². The van der Waals surface area contributed by atoms with E-state index in [9.17, 15) is 19.4 Å². The van der Waals surface area contributed by atoms with Crippen LogP contribution in [0.25, 0.3) is 0 Å². The highest BCUT2D eigenvalue weighted by molar-refractivity contribution is 7.47. The molecule has 3 atom stereocenters. The molecule has 0 saturated heterocycles. The summed E-state index contributed by atoms with van der Waals surface area (Å²) in [7, 11) is -4.33. The number of aliphatic hydroxyl groups excluding tert-OH is 1. The first-order chi connectivity index (χ1) is 30.9. The fourth-order valence-corrected chi connectivity index (χ4v) is 8.91. The van der Waals surface area contributed by atoms with Gasteiger partial charge in [-0.05, 0) is 51.4 Å². The van der Waals surface area contributed by atoms with Crippen LogP contribution in [0.5, 0.6) is 0 Å². The van der Waals surface area contributed by atoms with Crippen molar-refractivity contribution in [2.75, 3.05) is 19.8 Å². The Labute approximate surface area is 390 Å². The Kier molecular flexibility index (Phi) is 49.1. The average molecular weight is 909 g/mol. The maximum Gasteiger partial charge on any atom is 0.472 e.